The van der Waals surface area contributed by atoms with Crippen LogP contribution in [0, 0.1) is 5.92 Å². The molecule has 0 amide bonds. The molecule has 2 aromatic carbocycles. The molecule has 6 heteroatoms. The highest BCUT2D eigenvalue weighted by atomic mass is 35.5. The van der Waals surface area contributed by atoms with Gasteiger partial charge >= 0.3 is 5.97 Å². The fourth-order valence-electron chi connectivity index (χ4n) is 3.63. The molecule has 1 unspecified atom stereocenters. The molecule has 0 aliphatic heterocycles. The summed E-state index contributed by atoms with van der Waals surface area (Å²) in [6, 6.07) is 14.9. The molecule has 4 rings (SSSR count). The summed E-state index contributed by atoms with van der Waals surface area (Å²) in [5.74, 6) is -0.246. The van der Waals surface area contributed by atoms with Crippen molar-refractivity contribution in [1.82, 2.24) is 0 Å². The van der Waals surface area contributed by atoms with E-state index >= 15 is 0 Å². The van der Waals surface area contributed by atoms with Crippen LogP contribution in [0.15, 0.2) is 60.7 Å². The quantitative estimate of drug-likeness (QED) is 0.413. The van der Waals surface area contributed by atoms with Crippen molar-refractivity contribution in [2.24, 2.45) is 5.92 Å². The number of carboxylic acids is 1. The van der Waals surface area contributed by atoms with Crippen molar-refractivity contribution >= 4 is 44.8 Å². The Morgan fingerprint density at radius 2 is 1.94 bits per heavy atom. The van der Waals surface area contributed by atoms with Crippen molar-refractivity contribution in [3.05, 3.63) is 81.7 Å². The Morgan fingerprint density at radius 3 is 2.53 bits per heavy atom. The van der Waals surface area contributed by atoms with E-state index in [-0.39, 0.29) is 0 Å². The standard InChI is InChI=1S/C17H17ClO2S.C9H10O2/c18-17-14-3-1-2-4-15(14)21-16(17)10-13(20)8-6-11-5-7-12(19)9-11;1-2-7-3-5-8(6-4-7)9(10)11/h1-4,6,8,11,13,20H,5,7,9-10H2;3-6H,2H2,1H3,(H,10,11)/b8-6+;/t11-,13?;/m1./s1. The highest BCUT2D eigenvalue weighted by Crippen LogP contribution is 2.36. The molecule has 1 fully saturated rings. The number of allylic oxidation sites excluding steroid dienone is 1. The Labute approximate surface area is 197 Å². The van der Waals surface area contributed by atoms with Gasteiger partial charge < -0.3 is 10.2 Å². The monoisotopic (exact) mass is 470 g/mol. The molecule has 1 heterocycles. The average molecular weight is 471 g/mol. The number of aryl methyl sites for hydroxylation is 1. The smallest absolute Gasteiger partial charge is 0.335 e. The van der Waals surface area contributed by atoms with Crippen LogP contribution in [0.1, 0.15) is 47.0 Å². The Hall–Kier alpha value is -2.47. The lowest BCUT2D eigenvalue weighted by atomic mass is 10.1. The molecular formula is C26H27ClO4S. The predicted molar refractivity (Wildman–Crippen MR) is 131 cm³/mol. The molecule has 168 valence electrons. The molecular weight excluding hydrogens is 444 g/mol. The Bertz CT molecular complexity index is 1100. The molecule has 3 aromatic rings. The van der Waals surface area contributed by atoms with Crippen LogP contribution < -0.4 is 0 Å². The molecule has 2 N–H and O–H groups in total. The first kappa shape index (κ1) is 24.2. The minimum atomic E-state index is -0.868. The van der Waals surface area contributed by atoms with Gasteiger partial charge in [-0.2, -0.15) is 0 Å². The highest BCUT2D eigenvalue weighted by molar-refractivity contribution is 7.19. The molecule has 1 aromatic heterocycles. The van der Waals surface area contributed by atoms with Gasteiger partial charge in [0.25, 0.3) is 0 Å². The number of ketones is 1. The third-order valence-electron chi connectivity index (χ3n) is 5.49. The highest BCUT2D eigenvalue weighted by Gasteiger charge is 2.20. The zero-order valence-electron chi connectivity index (χ0n) is 18.0. The van der Waals surface area contributed by atoms with Gasteiger partial charge in [-0.3, -0.25) is 4.79 Å². The maximum absolute atomic E-state index is 11.2. The lowest BCUT2D eigenvalue weighted by Crippen LogP contribution is -2.06. The molecule has 0 radical (unpaired) electrons. The Morgan fingerprint density at radius 1 is 1.22 bits per heavy atom. The summed E-state index contributed by atoms with van der Waals surface area (Å²) in [5, 5.41) is 20.5. The van der Waals surface area contributed by atoms with Crippen LogP contribution in [-0.2, 0) is 17.6 Å². The molecule has 32 heavy (non-hydrogen) atoms. The van der Waals surface area contributed by atoms with Crippen molar-refractivity contribution in [2.45, 2.75) is 45.1 Å². The van der Waals surface area contributed by atoms with Crippen molar-refractivity contribution in [3.8, 4) is 0 Å². The summed E-state index contributed by atoms with van der Waals surface area (Å²) >= 11 is 8.01. The van der Waals surface area contributed by atoms with Crippen LogP contribution in [0.2, 0.25) is 5.02 Å². The number of halogens is 1. The lowest BCUT2D eigenvalue weighted by Gasteiger charge is -2.06. The van der Waals surface area contributed by atoms with Crippen LogP contribution in [0.5, 0.6) is 0 Å². The van der Waals surface area contributed by atoms with E-state index in [4.69, 9.17) is 16.7 Å². The molecule has 2 atom stereocenters. The predicted octanol–water partition coefficient (Wildman–Crippen LogP) is 6.33. The van der Waals surface area contributed by atoms with Crippen molar-refractivity contribution in [1.29, 1.82) is 0 Å². The number of hydrogen-bond acceptors (Lipinski definition) is 4. The Balaban J connectivity index is 0.000000222. The van der Waals surface area contributed by atoms with E-state index in [2.05, 4.69) is 0 Å². The number of hydrogen-bond donors (Lipinski definition) is 2. The average Bonchev–Trinajstić information content (AvgIpc) is 3.35. The summed E-state index contributed by atoms with van der Waals surface area (Å²) in [6.07, 6.45) is 6.91. The number of thiophene rings is 1. The second-order valence-electron chi connectivity index (χ2n) is 7.89. The zero-order chi connectivity index (χ0) is 23.1. The van der Waals surface area contributed by atoms with Crippen LogP contribution in [0.4, 0.5) is 0 Å². The number of fused-ring (bicyclic) bond motifs is 1. The normalized spacial score (nSPS) is 16.8. The molecule has 0 spiro atoms. The first-order valence-corrected chi connectivity index (χ1v) is 11.9. The van der Waals surface area contributed by atoms with Crippen LogP contribution in [0.3, 0.4) is 0 Å². The first-order chi connectivity index (χ1) is 15.4. The number of aliphatic hydroxyl groups is 1. The largest absolute Gasteiger partial charge is 0.478 e. The summed E-state index contributed by atoms with van der Waals surface area (Å²) < 4.78 is 1.15. The lowest BCUT2D eigenvalue weighted by molar-refractivity contribution is -0.117. The van der Waals surface area contributed by atoms with E-state index in [9.17, 15) is 14.7 Å². The summed E-state index contributed by atoms with van der Waals surface area (Å²) in [4.78, 5) is 22.6. The van der Waals surface area contributed by atoms with E-state index in [0.29, 0.717) is 36.5 Å². The summed E-state index contributed by atoms with van der Waals surface area (Å²) in [5.41, 5.74) is 1.51. The molecule has 0 saturated heterocycles. The minimum absolute atomic E-state index is 0.296. The number of carbonyl (C=O) groups is 2. The maximum atomic E-state index is 11.2. The number of aromatic carboxylic acids is 1. The van der Waals surface area contributed by atoms with E-state index in [0.717, 1.165) is 38.4 Å². The van der Waals surface area contributed by atoms with E-state index < -0.39 is 12.1 Å². The van der Waals surface area contributed by atoms with Gasteiger partial charge in [0.1, 0.15) is 5.78 Å². The Kier molecular flexibility index (Phi) is 8.62. The first-order valence-electron chi connectivity index (χ1n) is 10.7. The number of Topliss-reactive ketones (excluding diaryl/α,β-unsaturated/α-hetero) is 1. The fourth-order valence-corrected chi connectivity index (χ4v) is 5.19. The third-order valence-corrected chi connectivity index (χ3v) is 7.23. The van der Waals surface area contributed by atoms with Crippen molar-refractivity contribution in [3.63, 3.8) is 0 Å². The zero-order valence-corrected chi connectivity index (χ0v) is 19.5. The molecule has 0 bridgehead atoms. The summed E-state index contributed by atoms with van der Waals surface area (Å²) in [6.45, 7) is 2.04. The maximum Gasteiger partial charge on any atom is 0.335 e. The molecule has 1 saturated carbocycles. The fraction of sp³-hybridized carbons (Fsp3) is 0.308. The van der Waals surface area contributed by atoms with E-state index in [1.54, 1.807) is 23.5 Å². The second-order valence-corrected chi connectivity index (χ2v) is 9.40. The molecule has 1 aliphatic carbocycles. The number of aliphatic hydroxyl groups excluding tert-OH is 1. The van der Waals surface area contributed by atoms with Gasteiger partial charge in [0.05, 0.1) is 16.7 Å². The number of rotatable bonds is 6. The molecule has 4 nitrogen and oxygen atoms in total. The van der Waals surface area contributed by atoms with Gasteiger partial charge in [0.15, 0.2) is 0 Å². The van der Waals surface area contributed by atoms with Crippen molar-refractivity contribution < 1.29 is 19.8 Å². The van der Waals surface area contributed by atoms with Crippen LogP contribution in [-0.4, -0.2) is 28.1 Å². The summed E-state index contributed by atoms with van der Waals surface area (Å²) in [7, 11) is 0. The van der Waals surface area contributed by atoms with Gasteiger partial charge in [-0.1, -0.05) is 61.0 Å². The number of benzene rings is 2. The minimum Gasteiger partial charge on any atom is -0.478 e. The topological polar surface area (TPSA) is 74.6 Å². The number of carbonyl (C=O) groups excluding carboxylic acids is 1. The second kappa shape index (κ2) is 11.4. The third kappa shape index (κ3) is 6.52. The SMILES string of the molecule is CCc1ccc(C(=O)O)cc1.O=C1CC[C@H](/C=C/C(O)Cc2sc3ccccc3c2Cl)C1. The van der Waals surface area contributed by atoms with Gasteiger partial charge in [0.2, 0.25) is 0 Å². The van der Waals surface area contributed by atoms with Crippen molar-refractivity contribution in [2.75, 3.05) is 0 Å². The van der Waals surface area contributed by atoms with Crippen LogP contribution in [0.25, 0.3) is 10.1 Å². The van der Waals surface area contributed by atoms with Gasteiger partial charge in [-0.25, -0.2) is 4.79 Å². The van der Waals surface area contributed by atoms with Gasteiger partial charge in [-0.15, -0.1) is 11.3 Å². The van der Waals surface area contributed by atoms with Crippen LogP contribution >= 0.6 is 22.9 Å². The van der Waals surface area contributed by atoms with E-state index in [1.165, 1.54) is 0 Å². The van der Waals surface area contributed by atoms with Gasteiger partial charge in [-0.05, 0) is 42.5 Å². The van der Waals surface area contributed by atoms with Gasteiger partial charge in [0, 0.05) is 34.2 Å². The molecule has 1 aliphatic rings. The van der Waals surface area contributed by atoms with E-state index in [1.807, 2.05) is 55.5 Å². The number of carboxylic acid groups (broad SMARTS) is 1.